The van der Waals surface area contributed by atoms with Crippen molar-refractivity contribution in [1.29, 1.82) is 0 Å². The van der Waals surface area contributed by atoms with E-state index in [0.29, 0.717) is 33.0 Å². The molecule has 4 unspecified atom stereocenters. The standard InChI is InChI=1S/C18H32N2O9/c1-12(21)20-15-10-17(26-9-8-25-7-6-24-5-4-19)29-16(11-27-13(2)22)18(15)28-14(3)23/h15-18H,4-11,19H2,1-3H3,(H,20,21). The summed E-state index contributed by atoms with van der Waals surface area (Å²) in [7, 11) is 0. The number of nitrogens with two attached hydrogens (primary N) is 1. The summed E-state index contributed by atoms with van der Waals surface area (Å²) in [6, 6.07) is -0.554. The van der Waals surface area contributed by atoms with E-state index >= 15 is 0 Å². The number of hydrogen-bond donors (Lipinski definition) is 2. The van der Waals surface area contributed by atoms with E-state index in [1.165, 1.54) is 20.8 Å². The second-order valence-electron chi connectivity index (χ2n) is 6.41. The zero-order chi connectivity index (χ0) is 21.6. The van der Waals surface area contributed by atoms with E-state index in [1.807, 2.05) is 0 Å². The molecule has 0 spiro atoms. The molecule has 1 aliphatic rings. The van der Waals surface area contributed by atoms with Crippen LogP contribution in [0, 0.1) is 0 Å². The Labute approximate surface area is 170 Å². The molecule has 1 rings (SSSR count). The Morgan fingerprint density at radius 2 is 1.66 bits per heavy atom. The molecule has 1 fully saturated rings. The van der Waals surface area contributed by atoms with Gasteiger partial charge in [-0.3, -0.25) is 14.4 Å². The smallest absolute Gasteiger partial charge is 0.303 e. The Morgan fingerprint density at radius 3 is 2.24 bits per heavy atom. The highest BCUT2D eigenvalue weighted by Gasteiger charge is 2.42. The van der Waals surface area contributed by atoms with Crippen LogP contribution in [0.1, 0.15) is 27.2 Å². The van der Waals surface area contributed by atoms with Gasteiger partial charge in [0.05, 0.1) is 39.1 Å². The van der Waals surface area contributed by atoms with Gasteiger partial charge in [0.25, 0.3) is 0 Å². The van der Waals surface area contributed by atoms with Crippen LogP contribution < -0.4 is 11.1 Å². The molecule has 1 aliphatic heterocycles. The van der Waals surface area contributed by atoms with Gasteiger partial charge in [0.15, 0.2) is 12.4 Å². The van der Waals surface area contributed by atoms with Crippen LogP contribution in [-0.2, 0) is 42.8 Å². The van der Waals surface area contributed by atoms with Crippen LogP contribution in [0.25, 0.3) is 0 Å². The third-order valence-electron chi connectivity index (χ3n) is 3.84. The normalized spacial score (nSPS) is 24.0. The molecule has 168 valence electrons. The lowest BCUT2D eigenvalue weighted by atomic mass is 9.98. The van der Waals surface area contributed by atoms with Gasteiger partial charge in [0.1, 0.15) is 12.7 Å². The molecule has 0 radical (unpaired) electrons. The maximum absolute atomic E-state index is 11.6. The monoisotopic (exact) mass is 420 g/mol. The molecular formula is C18H32N2O9. The third kappa shape index (κ3) is 11.1. The van der Waals surface area contributed by atoms with Crippen molar-refractivity contribution in [3.8, 4) is 0 Å². The minimum Gasteiger partial charge on any atom is -0.463 e. The molecule has 0 aliphatic carbocycles. The molecule has 0 aromatic rings. The summed E-state index contributed by atoms with van der Waals surface area (Å²) in [6.07, 6.45) is -2.04. The first-order valence-corrected chi connectivity index (χ1v) is 9.53. The molecule has 0 aromatic heterocycles. The van der Waals surface area contributed by atoms with E-state index in [0.717, 1.165) is 0 Å². The SMILES string of the molecule is CC(=O)NC1CC(OCCOCCOCCN)OC(COC(C)=O)C1OC(C)=O. The molecule has 0 aromatic carbocycles. The van der Waals surface area contributed by atoms with Crippen molar-refractivity contribution < 1.29 is 42.8 Å². The minimum absolute atomic E-state index is 0.141. The first-order chi connectivity index (χ1) is 13.8. The van der Waals surface area contributed by atoms with Crippen LogP contribution in [-0.4, -0.2) is 88.6 Å². The van der Waals surface area contributed by atoms with Crippen LogP contribution in [0.5, 0.6) is 0 Å². The zero-order valence-electron chi connectivity index (χ0n) is 17.2. The van der Waals surface area contributed by atoms with Crippen molar-refractivity contribution in [2.24, 2.45) is 5.73 Å². The van der Waals surface area contributed by atoms with Gasteiger partial charge in [0, 0.05) is 33.7 Å². The van der Waals surface area contributed by atoms with Crippen LogP contribution >= 0.6 is 0 Å². The van der Waals surface area contributed by atoms with Gasteiger partial charge >= 0.3 is 11.9 Å². The molecule has 3 N–H and O–H groups in total. The number of hydrogen-bond acceptors (Lipinski definition) is 10. The first-order valence-electron chi connectivity index (χ1n) is 9.53. The van der Waals surface area contributed by atoms with Crippen LogP contribution in [0.4, 0.5) is 0 Å². The number of nitrogens with one attached hydrogen (secondary N) is 1. The highest BCUT2D eigenvalue weighted by Crippen LogP contribution is 2.24. The Hall–Kier alpha value is -1.79. The minimum atomic E-state index is -0.813. The predicted octanol–water partition coefficient (Wildman–Crippen LogP) is -0.891. The van der Waals surface area contributed by atoms with E-state index in [-0.39, 0.29) is 25.5 Å². The van der Waals surface area contributed by atoms with Gasteiger partial charge in [0.2, 0.25) is 5.91 Å². The Kier molecular flexibility index (Phi) is 12.4. The molecular weight excluding hydrogens is 388 g/mol. The van der Waals surface area contributed by atoms with E-state index in [4.69, 9.17) is 34.2 Å². The molecule has 1 saturated heterocycles. The van der Waals surface area contributed by atoms with Crippen LogP contribution in [0.3, 0.4) is 0 Å². The van der Waals surface area contributed by atoms with Crippen molar-refractivity contribution >= 4 is 17.8 Å². The maximum Gasteiger partial charge on any atom is 0.303 e. The highest BCUT2D eigenvalue weighted by atomic mass is 16.7. The second-order valence-corrected chi connectivity index (χ2v) is 6.41. The molecule has 1 amide bonds. The summed E-state index contributed by atoms with van der Waals surface area (Å²) < 4.78 is 32.4. The van der Waals surface area contributed by atoms with Gasteiger partial charge in [-0.15, -0.1) is 0 Å². The summed E-state index contributed by atoms with van der Waals surface area (Å²) in [5.41, 5.74) is 5.32. The van der Waals surface area contributed by atoms with Gasteiger partial charge in [-0.25, -0.2) is 0 Å². The van der Waals surface area contributed by atoms with Crippen molar-refractivity contribution in [3.05, 3.63) is 0 Å². The maximum atomic E-state index is 11.6. The van der Waals surface area contributed by atoms with Crippen molar-refractivity contribution in [1.82, 2.24) is 5.32 Å². The summed E-state index contributed by atoms with van der Waals surface area (Å²) in [5, 5.41) is 2.74. The molecule has 1 heterocycles. The predicted molar refractivity (Wildman–Crippen MR) is 99.7 cm³/mol. The number of rotatable bonds is 13. The van der Waals surface area contributed by atoms with Gasteiger partial charge < -0.3 is 39.5 Å². The number of carbonyl (C=O) groups excluding carboxylic acids is 3. The van der Waals surface area contributed by atoms with E-state index in [1.54, 1.807) is 0 Å². The lowest BCUT2D eigenvalue weighted by Gasteiger charge is -2.40. The summed E-state index contributed by atoms with van der Waals surface area (Å²) >= 11 is 0. The average Bonchev–Trinajstić information content (AvgIpc) is 2.63. The van der Waals surface area contributed by atoms with Crippen LogP contribution in [0.2, 0.25) is 0 Å². The summed E-state index contributed by atoms with van der Waals surface area (Å²) in [5.74, 6) is -1.33. The van der Waals surface area contributed by atoms with E-state index < -0.39 is 36.5 Å². The molecule has 0 bridgehead atoms. The molecule has 0 saturated carbocycles. The molecule has 4 atom stereocenters. The molecule has 11 nitrogen and oxygen atoms in total. The Morgan fingerprint density at radius 1 is 1.00 bits per heavy atom. The third-order valence-corrected chi connectivity index (χ3v) is 3.84. The fourth-order valence-corrected chi connectivity index (χ4v) is 2.77. The number of esters is 2. The van der Waals surface area contributed by atoms with Crippen molar-refractivity contribution in [2.75, 3.05) is 46.2 Å². The number of ether oxygens (including phenoxy) is 6. The fraction of sp³-hybridized carbons (Fsp3) is 0.833. The second kappa shape index (κ2) is 14.2. The van der Waals surface area contributed by atoms with E-state index in [2.05, 4.69) is 5.32 Å². The quantitative estimate of drug-likeness (QED) is 0.284. The van der Waals surface area contributed by atoms with Crippen molar-refractivity contribution in [3.63, 3.8) is 0 Å². The Bertz CT molecular complexity index is 518. The van der Waals surface area contributed by atoms with Gasteiger partial charge in [-0.05, 0) is 0 Å². The fourth-order valence-electron chi connectivity index (χ4n) is 2.77. The lowest BCUT2D eigenvalue weighted by molar-refractivity contribution is -0.247. The number of amides is 1. The lowest BCUT2D eigenvalue weighted by Crippen LogP contribution is -2.58. The number of carbonyl (C=O) groups is 3. The first kappa shape index (κ1) is 25.2. The summed E-state index contributed by atoms with van der Waals surface area (Å²) in [4.78, 5) is 34.2. The van der Waals surface area contributed by atoms with E-state index in [9.17, 15) is 14.4 Å². The van der Waals surface area contributed by atoms with Crippen LogP contribution in [0.15, 0.2) is 0 Å². The topological polar surface area (TPSA) is 145 Å². The molecule has 11 heteroatoms. The van der Waals surface area contributed by atoms with Gasteiger partial charge in [-0.1, -0.05) is 0 Å². The highest BCUT2D eigenvalue weighted by molar-refractivity contribution is 5.73. The van der Waals surface area contributed by atoms with Gasteiger partial charge in [-0.2, -0.15) is 0 Å². The molecule has 29 heavy (non-hydrogen) atoms. The average molecular weight is 420 g/mol. The Balaban J connectivity index is 2.58. The largest absolute Gasteiger partial charge is 0.463 e. The zero-order valence-corrected chi connectivity index (χ0v) is 17.2. The van der Waals surface area contributed by atoms with Crippen molar-refractivity contribution in [2.45, 2.75) is 51.7 Å². The summed E-state index contributed by atoms with van der Waals surface area (Å²) in [6.45, 7) is 6.08.